The SMILES string of the molecule is NCCCCN1CC(=O)N(CCCCN)CC(=O)N(CC(N)=O)Cc2cccc(c2)-c2cccc(c2)C(=O)N(CCCCN)CC(=O)N(CCCCN)CC1=O. The normalized spacial score (nSPS) is 15.4. The van der Waals surface area contributed by atoms with Crippen LogP contribution in [-0.4, -0.2) is 145 Å². The van der Waals surface area contributed by atoms with Crippen LogP contribution in [0.15, 0.2) is 48.5 Å². The average molecular weight is 779 g/mol. The summed E-state index contributed by atoms with van der Waals surface area (Å²) in [5.74, 6) is -2.91. The minimum Gasteiger partial charge on any atom is -0.368 e. The van der Waals surface area contributed by atoms with Crippen LogP contribution in [0.5, 0.6) is 0 Å². The lowest BCUT2D eigenvalue weighted by molar-refractivity contribution is -0.146. The highest BCUT2D eigenvalue weighted by molar-refractivity contribution is 5.98. The summed E-state index contributed by atoms with van der Waals surface area (Å²) < 4.78 is 0. The van der Waals surface area contributed by atoms with Gasteiger partial charge in [0.15, 0.2) is 0 Å². The zero-order valence-electron chi connectivity index (χ0n) is 32.7. The van der Waals surface area contributed by atoms with Gasteiger partial charge >= 0.3 is 0 Å². The predicted molar refractivity (Wildman–Crippen MR) is 215 cm³/mol. The summed E-state index contributed by atoms with van der Waals surface area (Å²) in [6.45, 7) is 0.834. The first-order chi connectivity index (χ1) is 27.0. The molecule has 16 heteroatoms. The van der Waals surface area contributed by atoms with E-state index in [2.05, 4.69) is 0 Å². The third kappa shape index (κ3) is 15.0. The molecule has 1 aliphatic rings. The number of carbonyl (C=O) groups is 6. The summed E-state index contributed by atoms with van der Waals surface area (Å²) in [7, 11) is 0. The molecule has 1 heterocycles. The fourth-order valence-electron chi connectivity index (χ4n) is 6.47. The molecule has 16 nitrogen and oxygen atoms in total. The predicted octanol–water partition coefficient (Wildman–Crippen LogP) is 0.0647. The Hall–Kier alpha value is -4.90. The van der Waals surface area contributed by atoms with Crippen molar-refractivity contribution in [2.24, 2.45) is 28.7 Å². The van der Waals surface area contributed by atoms with Gasteiger partial charge in [0, 0.05) is 38.3 Å². The van der Waals surface area contributed by atoms with Crippen LogP contribution in [-0.2, 0) is 30.5 Å². The highest BCUT2D eigenvalue weighted by Gasteiger charge is 2.29. The molecule has 0 unspecified atom stereocenters. The molecule has 0 spiro atoms. The molecule has 6 amide bonds. The van der Waals surface area contributed by atoms with Crippen molar-refractivity contribution in [3.63, 3.8) is 0 Å². The summed E-state index contributed by atoms with van der Waals surface area (Å²) in [4.78, 5) is 89.5. The Kier molecular flexibility index (Phi) is 20.0. The zero-order chi connectivity index (χ0) is 40.9. The fourth-order valence-corrected chi connectivity index (χ4v) is 6.47. The van der Waals surface area contributed by atoms with Crippen molar-refractivity contribution in [3.8, 4) is 11.1 Å². The smallest absolute Gasteiger partial charge is 0.254 e. The van der Waals surface area contributed by atoms with Crippen LogP contribution >= 0.6 is 0 Å². The van der Waals surface area contributed by atoms with Crippen LogP contribution in [0, 0.1) is 0 Å². The molecule has 3 rings (SSSR count). The Morgan fingerprint density at radius 3 is 1.29 bits per heavy atom. The first-order valence-electron chi connectivity index (χ1n) is 19.7. The molecule has 308 valence electrons. The van der Waals surface area contributed by atoms with Gasteiger partial charge in [0.2, 0.25) is 29.5 Å². The van der Waals surface area contributed by atoms with E-state index < -0.39 is 29.5 Å². The van der Waals surface area contributed by atoms with E-state index in [0.29, 0.717) is 88.7 Å². The highest BCUT2D eigenvalue weighted by Crippen LogP contribution is 2.24. The summed E-state index contributed by atoms with van der Waals surface area (Å²) in [5, 5.41) is 0. The number of unbranched alkanes of at least 4 members (excludes halogenated alkanes) is 4. The lowest BCUT2D eigenvalue weighted by Gasteiger charge is -2.32. The minimum absolute atomic E-state index is 0.0276. The van der Waals surface area contributed by atoms with Crippen molar-refractivity contribution in [2.45, 2.75) is 57.9 Å². The topological polar surface area (TPSA) is 249 Å². The molecule has 0 aliphatic carbocycles. The van der Waals surface area contributed by atoms with Crippen molar-refractivity contribution in [3.05, 3.63) is 59.7 Å². The average Bonchev–Trinajstić information content (AvgIpc) is 3.18. The van der Waals surface area contributed by atoms with Gasteiger partial charge < -0.3 is 53.2 Å². The number of amides is 6. The number of rotatable bonds is 18. The van der Waals surface area contributed by atoms with Gasteiger partial charge in [-0.05, 0) is 112 Å². The van der Waals surface area contributed by atoms with Gasteiger partial charge in [0.1, 0.15) is 6.54 Å². The molecule has 0 aromatic heterocycles. The van der Waals surface area contributed by atoms with Gasteiger partial charge in [-0.25, -0.2) is 0 Å². The van der Waals surface area contributed by atoms with E-state index in [0.717, 1.165) is 11.1 Å². The number of hydrogen-bond donors (Lipinski definition) is 5. The molecule has 0 atom stereocenters. The summed E-state index contributed by atoms with van der Waals surface area (Å²) >= 11 is 0. The van der Waals surface area contributed by atoms with E-state index in [-0.39, 0.29) is 71.4 Å². The van der Waals surface area contributed by atoms with Crippen LogP contribution < -0.4 is 28.7 Å². The molecular weight excluding hydrogens is 717 g/mol. The molecule has 4 bridgehead atoms. The third-order valence-electron chi connectivity index (χ3n) is 9.62. The van der Waals surface area contributed by atoms with Crippen molar-refractivity contribution in [2.75, 3.05) is 85.1 Å². The molecule has 56 heavy (non-hydrogen) atoms. The molecular formula is C40H62N10O6. The van der Waals surface area contributed by atoms with Crippen LogP contribution in [0.4, 0.5) is 0 Å². The van der Waals surface area contributed by atoms with E-state index in [1.807, 2.05) is 30.3 Å². The van der Waals surface area contributed by atoms with Gasteiger partial charge in [-0.15, -0.1) is 0 Å². The summed E-state index contributed by atoms with van der Waals surface area (Å²) in [5.41, 5.74) is 31.2. The molecule has 0 saturated carbocycles. The Morgan fingerprint density at radius 1 is 0.464 bits per heavy atom. The maximum atomic E-state index is 14.1. The first kappa shape index (κ1) is 45.5. The van der Waals surface area contributed by atoms with Crippen LogP contribution in [0.2, 0.25) is 0 Å². The van der Waals surface area contributed by atoms with Crippen LogP contribution in [0.25, 0.3) is 11.1 Å². The number of hydrogen-bond acceptors (Lipinski definition) is 10. The van der Waals surface area contributed by atoms with Crippen molar-refractivity contribution < 1.29 is 28.8 Å². The fraction of sp³-hybridized carbons (Fsp3) is 0.550. The van der Waals surface area contributed by atoms with Gasteiger partial charge in [-0.3, -0.25) is 28.8 Å². The molecule has 0 radical (unpaired) electrons. The van der Waals surface area contributed by atoms with Crippen molar-refractivity contribution >= 4 is 35.4 Å². The number of carbonyl (C=O) groups excluding carboxylic acids is 6. The second-order valence-electron chi connectivity index (χ2n) is 14.2. The van der Waals surface area contributed by atoms with E-state index in [4.69, 9.17) is 28.7 Å². The number of primary amides is 1. The quantitative estimate of drug-likeness (QED) is 0.127. The third-order valence-corrected chi connectivity index (χ3v) is 9.62. The summed E-state index contributed by atoms with van der Waals surface area (Å²) in [6, 6.07) is 14.4. The molecule has 10 N–H and O–H groups in total. The van der Waals surface area contributed by atoms with Gasteiger partial charge in [-0.2, -0.15) is 0 Å². The standard InChI is InChI=1S/C40H62N10O6/c41-15-1-5-19-46-27-37(53)48(21-7-3-17-43)29-39(55)50(26-35(45)51)25-31-11-9-12-32(23-31)33-13-10-14-34(24-33)40(56)49(22-8-4-18-44)30-38(54)47(28-36(46)52)20-6-2-16-42/h9-14,23-24H,1-8,15-22,25-30,41-44H2,(H2,45,51). The van der Waals surface area contributed by atoms with Crippen LogP contribution in [0.3, 0.4) is 0 Å². The molecule has 0 saturated heterocycles. The maximum Gasteiger partial charge on any atom is 0.254 e. The second kappa shape index (κ2) is 24.6. The lowest BCUT2D eigenvalue weighted by atomic mass is 10.00. The zero-order valence-corrected chi connectivity index (χ0v) is 32.7. The summed E-state index contributed by atoms with van der Waals surface area (Å²) in [6.07, 6.45) is 4.58. The Morgan fingerprint density at radius 2 is 0.839 bits per heavy atom. The Balaban J connectivity index is 2.15. The van der Waals surface area contributed by atoms with Gasteiger partial charge in [0.05, 0.1) is 26.2 Å². The van der Waals surface area contributed by atoms with E-state index in [1.165, 1.54) is 24.5 Å². The number of fused-ring (bicyclic) bond motifs is 5. The number of nitrogens with two attached hydrogens (primary N) is 5. The molecule has 1 aliphatic heterocycles. The molecule has 0 fully saturated rings. The Bertz CT molecular complexity index is 1610. The molecule has 2 aromatic carbocycles. The van der Waals surface area contributed by atoms with Crippen molar-refractivity contribution in [1.82, 2.24) is 24.5 Å². The lowest BCUT2D eigenvalue weighted by Crippen LogP contribution is -2.51. The number of benzene rings is 2. The monoisotopic (exact) mass is 778 g/mol. The van der Waals surface area contributed by atoms with Gasteiger partial charge in [0.25, 0.3) is 5.91 Å². The van der Waals surface area contributed by atoms with Crippen molar-refractivity contribution in [1.29, 1.82) is 0 Å². The molecule has 2 aromatic rings. The number of nitrogens with zero attached hydrogens (tertiary/aromatic N) is 5. The van der Waals surface area contributed by atoms with Gasteiger partial charge in [-0.1, -0.05) is 30.3 Å². The Labute approximate surface area is 330 Å². The largest absolute Gasteiger partial charge is 0.368 e. The minimum atomic E-state index is -0.717. The first-order valence-corrected chi connectivity index (χ1v) is 19.7. The van der Waals surface area contributed by atoms with E-state index in [9.17, 15) is 28.8 Å². The van der Waals surface area contributed by atoms with E-state index >= 15 is 0 Å². The highest BCUT2D eigenvalue weighted by atomic mass is 16.2. The maximum absolute atomic E-state index is 14.1. The second-order valence-corrected chi connectivity index (χ2v) is 14.2. The van der Waals surface area contributed by atoms with Crippen LogP contribution in [0.1, 0.15) is 67.3 Å². The van der Waals surface area contributed by atoms with E-state index in [1.54, 1.807) is 18.2 Å².